The van der Waals surface area contributed by atoms with Gasteiger partial charge < -0.3 is 4.74 Å². The molecule has 0 radical (unpaired) electrons. The van der Waals surface area contributed by atoms with Gasteiger partial charge >= 0.3 is 6.03 Å². The number of carbonyl (C=O) groups is 3. The molecule has 6 nitrogen and oxygen atoms in total. The summed E-state index contributed by atoms with van der Waals surface area (Å²) >= 11 is 0. The normalized spacial score (nSPS) is 14.5. The number of imide groups is 2. The zero-order valence-electron chi connectivity index (χ0n) is 16.1. The Balaban J connectivity index is 1.85. The van der Waals surface area contributed by atoms with Gasteiger partial charge in [-0.1, -0.05) is 36.4 Å². The van der Waals surface area contributed by atoms with Gasteiger partial charge in [0.25, 0.3) is 11.8 Å². The van der Waals surface area contributed by atoms with Crippen molar-refractivity contribution in [2.75, 3.05) is 21.2 Å². The monoisotopic (exact) mass is 378 g/mol. The second-order valence-corrected chi connectivity index (χ2v) is 6.62. The van der Waals surface area contributed by atoms with Crippen LogP contribution in [0.25, 0.3) is 6.08 Å². The number of barbiturate groups is 1. The quantitative estimate of drug-likeness (QED) is 0.593. The van der Waals surface area contributed by atoms with Crippen molar-refractivity contribution in [3.8, 4) is 5.75 Å². The Bertz CT molecular complexity index is 921. The summed E-state index contributed by atoms with van der Waals surface area (Å²) in [6.45, 7) is 0. The van der Waals surface area contributed by atoms with E-state index < -0.39 is 17.8 Å². The first-order chi connectivity index (χ1) is 13.4. The Hall–Kier alpha value is -3.41. The molecule has 4 amide bonds. The van der Waals surface area contributed by atoms with Crippen molar-refractivity contribution in [3.05, 3.63) is 70.8 Å². The molecule has 0 saturated carbocycles. The number of ether oxygens (including phenoxy) is 1. The van der Waals surface area contributed by atoms with Crippen molar-refractivity contribution in [1.29, 1.82) is 0 Å². The molecule has 0 spiro atoms. The van der Waals surface area contributed by atoms with Gasteiger partial charge in [0.05, 0.1) is 7.11 Å². The standard InChI is InChI=1S/C22H22N2O4/c1-23-20(25)19(21(26)24(2)22(23)27)14-17-7-5-4-6-16(17)11-8-15-9-12-18(28-3)13-10-15/h4-7,9-10,12-14H,8,11H2,1-3H3. The van der Waals surface area contributed by atoms with Gasteiger partial charge in [0, 0.05) is 14.1 Å². The highest BCUT2D eigenvalue weighted by molar-refractivity contribution is 6.30. The Morgan fingerprint density at radius 2 is 1.46 bits per heavy atom. The second-order valence-electron chi connectivity index (χ2n) is 6.62. The Labute approximate surface area is 164 Å². The third kappa shape index (κ3) is 3.81. The molecule has 6 heteroatoms. The molecule has 1 heterocycles. The fourth-order valence-corrected chi connectivity index (χ4v) is 3.10. The molecule has 0 N–H and O–H groups in total. The molecule has 0 unspecified atom stereocenters. The van der Waals surface area contributed by atoms with Crippen LogP contribution in [0.5, 0.6) is 5.75 Å². The lowest BCUT2D eigenvalue weighted by Gasteiger charge is -2.29. The van der Waals surface area contributed by atoms with E-state index in [0.717, 1.165) is 45.1 Å². The van der Waals surface area contributed by atoms with Crippen molar-refractivity contribution in [2.24, 2.45) is 0 Å². The number of nitrogens with zero attached hydrogens (tertiary/aromatic N) is 2. The topological polar surface area (TPSA) is 66.9 Å². The van der Waals surface area contributed by atoms with E-state index >= 15 is 0 Å². The SMILES string of the molecule is COc1ccc(CCc2ccccc2C=C2C(=O)N(C)C(=O)N(C)C2=O)cc1. The van der Waals surface area contributed by atoms with Crippen LogP contribution in [0, 0.1) is 0 Å². The summed E-state index contributed by atoms with van der Waals surface area (Å²) in [5, 5.41) is 0. The fraction of sp³-hybridized carbons (Fsp3) is 0.227. The summed E-state index contributed by atoms with van der Waals surface area (Å²) in [6.07, 6.45) is 3.14. The lowest BCUT2D eigenvalue weighted by atomic mass is 9.97. The van der Waals surface area contributed by atoms with Gasteiger partial charge in [0.2, 0.25) is 0 Å². The molecule has 1 aliphatic heterocycles. The van der Waals surface area contributed by atoms with E-state index in [-0.39, 0.29) is 5.57 Å². The van der Waals surface area contributed by atoms with Gasteiger partial charge in [-0.2, -0.15) is 0 Å². The van der Waals surface area contributed by atoms with E-state index in [4.69, 9.17) is 4.74 Å². The minimum absolute atomic E-state index is 0.0125. The van der Waals surface area contributed by atoms with Crippen LogP contribution in [-0.4, -0.2) is 48.9 Å². The number of amides is 4. The van der Waals surface area contributed by atoms with Crippen molar-refractivity contribution < 1.29 is 19.1 Å². The number of likely N-dealkylation sites (N-methyl/N-ethyl adjacent to an activating group) is 2. The van der Waals surface area contributed by atoms with Crippen LogP contribution in [0.1, 0.15) is 16.7 Å². The minimum Gasteiger partial charge on any atom is -0.497 e. The van der Waals surface area contributed by atoms with E-state index in [0.29, 0.717) is 0 Å². The third-order valence-corrected chi connectivity index (χ3v) is 4.84. The molecule has 0 bridgehead atoms. The summed E-state index contributed by atoms with van der Waals surface area (Å²) in [5.74, 6) is -0.359. The van der Waals surface area contributed by atoms with E-state index in [1.54, 1.807) is 13.2 Å². The van der Waals surface area contributed by atoms with E-state index in [9.17, 15) is 14.4 Å². The highest BCUT2D eigenvalue weighted by atomic mass is 16.5. The summed E-state index contributed by atoms with van der Waals surface area (Å²) in [5.41, 5.74) is 2.97. The summed E-state index contributed by atoms with van der Waals surface area (Å²) in [4.78, 5) is 38.6. The van der Waals surface area contributed by atoms with Gasteiger partial charge in [0.1, 0.15) is 11.3 Å². The summed E-state index contributed by atoms with van der Waals surface area (Å²) in [6, 6.07) is 14.9. The van der Waals surface area contributed by atoms with Crippen LogP contribution in [0.15, 0.2) is 54.1 Å². The van der Waals surface area contributed by atoms with Crippen LogP contribution in [0.3, 0.4) is 0 Å². The van der Waals surface area contributed by atoms with Gasteiger partial charge in [-0.25, -0.2) is 4.79 Å². The lowest BCUT2D eigenvalue weighted by Crippen LogP contribution is -2.52. The predicted octanol–water partition coefficient (Wildman–Crippen LogP) is 2.91. The fourth-order valence-electron chi connectivity index (χ4n) is 3.10. The van der Waals surface area contributed by atoms with E-state index in [1.807, 2.05) is 48.5 Å². The Kier molecular flexibility index (Phi) is 5.59. The number of rotatable bonds is 5. The van der Waals surface area contributed by atoms with Gasteiger partial charge in [-0.05, 0) is 47.7 Å². The maximum atomic E-state index is 12.4. The van der Waals surface area contributed by atoms with Crippen molar-refractivity contribution >= 4 is 23.9 Å². The number of methoxy groups -OCH3 is 1. The molecule has 0 aliphatic carbocycles. The first-order valence-corrected chi connectivity index (χ1v) is 8.95. The van der Waals surface area contributed by atoms with Crippen molar-refractivity contribution in [1.82, 2.24) is 9.80 Å². The number of urea groups is 1. The molecule has 1 fully saturated rings. The first-order valence-electron chi connectivity index (χ1n) is 8.95. The molecular formula is C22H22N2O4. The van der Waals surface area contributed by atoms with Crippen LogP contribution in [0.4, 0.5) is 4.79 Å². The second kappa shape index (κ2) is 8.08. The van der Waals surface area contributed by atoms with Gasteiger partial charge in [-0.15, -0.1) is 0 Å². The molecule has 2 aromatic carbocycles. The molecule has 0 aromatic heterocycles. The molecule has 1 aliphatic rings. The number of hydrogen-bond acceptors (Lipinski definition) is 4. The molecule has 1 saturated heterocycles. The van der Waals surface area contributed by atoms with Crippen LogP contribution < -0.4 is 4.74 Å². The van der Waals surface area contributed by atoms with E-state index in [2.05, 4.69) is 0 Å². The zero-order valence-corrected chi connectivity index (χ0v) is 16.1. The third-order valence-electron chi connectivity index (χ3n) is 4.84. The summed E-state index contributed by atoms with van der Waals surface area (Å²) < 4.78 is 5.18. The molecule has 2 aromatic rings. The smallest absolute Gasteiger partial charge is 0.333 e. The number of carbonyl (C=O) groups excluding carboxylic acids is 3. The van der Waals surface area contributed by atoms with Gasteiger partial charge in [-0.3, -0.25) is 19.4 Å². The number of benzene rings is 2. The number of hydrogen-bond donors (Lipinski definition) is 0. The molecule has 3 rings (SSSR count). The highest BCUT2D eigenvalue weighted by Crippen LogP contribution is 2.21. The highest BCUT2D eigenvalue weighted by Gasteiger charge is 2.37. The van der Waals surface area contributed by atoms with Crippen molar-refractivity contribution in [2.45, 2.75) is 12.8 Å². The van der Waals surface area contributed by atoms with Crippen molar-refractivity contribution in [3.63, 3.8) is 0 Å². The Morgan fingerprint density at radius 1 is 0.857 bits per heavy atom. The first kappa shape index (κ1) is 19.4. The van der Waals surface area contributed by atoms with Crippen LogP contribution in [0.2, 0.25) is 0 Å². The molecule has 28 heavy (non-hydrogen) atoms. The lowest BCUT2D eigenvalue weighted by molar-refractivity contribution is -0.134. The molecular weight excluding hydrogens is 356 g/mol. The Morgan fingerprint density at radius 3 is 2.07 bits per heavy atom. The molecule has 144 valence electrons. The van der Waals surface area contributed by atoms with Crippen LogP contribution in [-0.2, 0) is 22.4 Å². The average molecular weight is 378 g/mol. The average Bonchev–Trinajstić information content (AvgIpc) is 2.73. The van der Waals surface area contributed by atoms with Gasteiger partial charge in [0.15, 0.2) is 0 Å². The largest absolute Gasteiger partial charge is 0.497 e. The zero-order chi connectivity index (χ0) is 20.3. The van der Waals surface area contributed by atoms with E-state index in [1.165, 1.54) is 14.1 Å². The van der Waals surface area contributed by atoms with Crippen LogP contribution >= 0.6 is 0 Å². The summed E-state index contributed by atoms with van der Waals surface area (Å²) in [7, 11) is 4.38. The maximum absolute atomic E-state index is 12.4. The maximum Gasteiger partial charge on any atom is 0.333 e. The number of aryl methyl sites for hydroxylation is 2. The molecule has 0 atom stereocenters. The minimum atomic E-state index is -0.625. The predicted molar refractivity (Wildman–Crippen MR) is 106 cm³/mol.